The first-order chi connectivity index (χ1) is 16.0. The average molecular weight is 446 g/mol. The zero-order valence-electron chi connectivity index (χ0n) is 18.6. The summed E-state index contributed by atoms with van der Waals surface area (Å²) < 4.78 is 1.23. The number of nitrogens with one attached hydrogen (secondary N) is 1. The lowest BCUT2D eigenvalue weighted by Gasteiger charge is -2.32. The van der Waals surface area contributed by atoms with Gasteiger partial charge < -0.3 is 15.1 Å². The number of nitrogens with zero attached hydrogens (tertiary/aromatic N) is 6. The van der Waals surface area contributed by atoms with E-state index in [2.05, 4.69) is 37.5 Å². The van der Waals surface area contributed by atoms with E-state index in [9.17, 15) is 9.59 Å². The van der Waals surface area contributed by atoms with Crippen LogP contribution in [0.4, 0.5) is 11.5 Å². The lowest BCUT2D eigenvalue weighted by atomic mass is 10.1. The van der Waals surface area contributed by atoms with Crippen molar-refractivity contribution >= 4 is 17.4 Å². The first-order valence-corrected chi connectivity index (χ1v) is 11.3. The molecule has 170 valence electrons. The molecule has 1 N–H and O–H groups in total. The zero-order valence-corrected chi connectivity index (χ0v) is 18.6. The molecular formula is C24H27N7O2. The van der Waals surface area contributed by atoms with Crippen LogP contribution >= 0.6 is 0 Å². The van der Waals surface area contributed by atoms with E-state index in [1.807, 2.05) is 36.4 Å². The van der Waals surface area contributed by atoms with E-state index in [1.165, 1.54) is 10.7 Å². The molecule has 1 saturated carbocycles. The van der Waals surface area contributed by atoms with E-state index < -0.39 is 0 Å². The van der Waals surface area contributed by atoms with Crippen LogP contribution in [0.2, 0.25) is 0 Å². The van der Waals surface area contributed by atoms with E-state index in [0.717, 1.165) is 61.8 Å². The third kappa shape index (κ3) is 5.09. The van der Waals surface area contributed by atoms with Crippen LogP contribution in [0.25, 0.3) is 11.3 Å². The molecule has 9 heteroatoms. The molecule has 2 aliphatic rings. The lowest BCUT2D eigenvalue weighted by Crippen LogP contribution is -2.44. The number of hydrogen-bond donors (Lipinski definition) is 1. The van der Waals surface area contributed by atoms with E-state index in [1.54, 1.807) is 6.07 Å². The van der Waals surface area contributed by atoms with Crippen molar-refractivity contribution < 1.29 is 4.79 Å². The number of piperazine rings is 1. The lowest BCUT2D eigenvalue weighted by molar-refractivity contribution is -0.117. The van der Waals surface area contributed by atoms with E-state index in [4.69, 9.17) is 0 Å². The number of aromatic nitrogens is 4. The molecule has 5 rings (SSSR count). The van der Waals surface area contributed by atoms with E-state index in [0.29, 0.717) is 11.6 Å². The Bertz CT molecular complexity index is 1200. The van der Waals surface area contributed by atoms with Gasteiger partial charge in [-0.3, -0.25) is 9.59 Å². The summed E-state index contributed by atoms with van der Waals surface area (Å²) in [5.74, 6) is 0.995. The summed E-state index contributed by atoms with van der Waals surface area (Å²) in [6.07, 6.45) is 2.17. The number of likely N-dealkylation sites (N-methyl/N-ethyl adjacent to an activating group) is 1. The molecule has 0 unspecified atom stereocenters. The zero-order chi connectivity index (χ0) is 22.8. The number of carbonyl (C=O) groups excluding carboxylic acids is 1. The van der Waals surface area contributed by atoms with Crippen molar-refractivity contribution in [3.8, 4) is 11.3 Å². The fourth-order valence-corrected chi connectivity index (χ4v) is 3.95. The number of carbonyl (C=O) groups is 1. The first kappa shape index (κ1) is 21.3. The summed E-state index contributed by atoms with van der Waals surface area (Å²) >= 11 is 0. The second-order valence-corrected chi connectivity index (χ2v) is 8.72. The maximum atomic E-state index is 12.6. The van der Waals surface area contributed by atoms with Gasteiger partial charge in [0, 0.05) is 49.4 Å². The number of anilines is 2. The predicted molar refractivity (Wildman–Crippen MR) is 126 cm³/mol. The highest BCUT2D eigenvalue weighted by Crippen LogP contribution is 2.38. The standard InChI is InChI=1S/C24H27N7O2/c1-29-11-13-30(14-12-29)22-9-7-20(26-27-22)18-3-2-4-19(15-18)25-23(32)16-31-24(33)10-8-21(28-31)17-5-6-17/h2-4,7-10,15,17H,5-6,11-14,16H2,1H3,(H,25,32). The fourth-order valence-electron chi connectivity index (χ4n) is 3.95. The molecule has 2 fully saturated rings. The van der Waals surface area contributed by atoms with Crippen molar-refractivity contribution in [1.82, 2.24) is 24.9 Å². The summed E-state index contributed by atoms with van der Waals surface area (Å²) in [5.41, 5.74) is 2.83. The van der Waals surface area contributed by atoms with E-state index in [-0.39, 0.29) is 18.0 Å². The summed E-state index contributed by atoms with van der Waals surface area (Å²) in [6, 6.07) is 14.6. The number of hydrogen-bond acceptors (Lipinski definition) is 7. The van der Waals surface area contributed by atoms with Gasteiger partial charge in [0.15, 0.2) is 5.82 Å². The second kappa shape index (κ2) is 9.11. The minimum Gasteiger partial charge on any atom is -0.353 e. The van der Waals surface area contributed by atoms with Crippen LogP contribution in [-0.2, 0) is 11.3 Å². The van der Waals surface area contributed by atoms with Gasteiger partial charge in [-0.2, -0.15) is 5.10 Å². The highest BCUT2D eigenvalue weighted by Gasteiger charge is 2.25. The van der Waals surface area contributed by atoms with Crippen LogP contribution in [0.15, 0.2) is 53.3 Å². The molecule has 33 heavy (non-hydrogen) atoms. The molecule has 0 radical (unpaired) electrons. The molecule has 9 nitrogen and oxygen atoms in total. The highest BCUT2D eigenvalue weighted by molar-refractivity contribution is 5.91. The molecule has 0 atom stereocenters. The van der Waals surface area contributed by atoms with Crippen molar-refractivity contribution in [3.63, 3.8) is 0 Å². The Kier molecular flexibility index (Phi) is 5.87. The largest absolute Gasteiger partial charge is 0.353 e. The normalized spacial score (nSPS) is 16.6. The van der Waals surface area contributed by atoms with Crippen LogP contribution in [0.1, 0.15) is 24.5 Å². The van der Waals surface area contributed by atoms with Crippen molar-refractivity contribution in [3.05, 3.63) is 64.6 Å². The van der Waals surface area contributed by atoms with Gasteiger partial charge >= 0.3 is 0 Å². The van der Waals surface area contributed by atoms with Crippen molar-refractivity contribution in [1.29, 1.82) is 0 Å². The molecule has 1 saturated heterocycles. The third-order valence-electron chi connectivity index (χ3n) is 6.10. The van der Waals surface area contributed by atoms with Gasteiger partial charge in [-0.1, -0.05) is 12.1 Å². The Morgan fingerprint density at radius 3 is 2.58 bits per heavy atom. The van der Waals surface area contributed by atoms with Crippen molar-refractivity contribution in [2.45, 2.75) is 25.3 Å². The van der Waals surface area contributed by atoms with Crippen molar-refractivity contribution in [2.75, 3.05) is 43.4 Å². The van der Waals surface area contributed by atoms with Crippen LogP contribution in [0, 0.1) is 0 Å². The van der Waals surface area contributed by atoms with Crippen molar-refractivity contribution in [2.24, 2.45) is 0 Å². The van der Waals surface area contributed by atoms with Crippen LogP contribution in [-0.4, -0.2) is 64.0 Å². The van der Waals surface area contributed by atoms with Gasteiger partial charge in [-0.25, -0.2) is 4.68 Å². The fraction of sp³-hybridized carbons (Fsp3) is 0.375. The topological polar surface area (TPSA) is 96.2 Å². The third-order valence-corrected chi connectivity index (χ3v) is 6.10. The van der Waals surface area contributed by atoms with Gasteiger partial charge in [0.25, 0.3) is 5.56 Å². The number of amides is 1. The Morgan fingerprint density at radius 2 is 1.85 bits per heavy atom. The summed E-state index contributed by atoms with van der Waals surface area (Å²) in [6.45, 7) is 3.78. The minimum atomic E-state index is -0.300. The first-order valence-electron chi connectivity index (χ1n) is 11.3. The van der Waals surface area contributed by atoms with E-state index >= 15 is 0 Å². The van der Waals surface area contributed by atoms with Crippen LogP contribution < -0.4 is 15.8 Å². The second-order valence-electron chi connectivity index (χ2n) is 8.72. The highest BCUT2D eigenvalue weighted by atomic mass is 16.2. The van der Waals surface area contributed by atoms with Gasteiger partial charge in [-0.15, -0.1) is 10.2 Å². The maximum Gasteiger partial charge on any atom is 0.267 e. The Labute approximate surface area is 192 Å². The molecule has 0 spiro atoms. The predicted octanol–water partition coefficient (Wildman–Crippen LogP) is 1.97. The van der Waals surface area contributed by atoms with Gasteiger partial charge in [-0.05, 0) is 50.2 Å². The molecule has 1 aromatic carbocycles. The van der Waals surface area contributed by atoms with Gasteiger partial charge in [0.2, 0.25) is 5.91 Å². The molecule has 3 aromatic rings. The molecule has 0 bridgehead atoms. The SMILES string of the molecule is CN1CCN(c2ccc(-c3cccc(NC(=O)Cn4nc(C5CC5)ccc4=O)c3)nn2)CC1. The molecule has 1 aliphatic carbocycles. The number of benzene rings is 1. The minimum absolute atomic E-state index is 0.122. The Morgan fingerprint density at radius 1 is 1.03 bits per heavy atom. The van der Waals surface area contributed by atoms with Crippen LogP contribution in [0.3, 0.4) is 0 Å². The molecule has 3 heterocycles. The van der Waals surface area contributed by atoms with Crippen LogP contribution in [0.5, 0.6) is 0 Å². The number of rotatable bonds is 6. The Hall–Kier alpha value is -3.59. The Balaban J connectivity index is 1.25. The maximum absolute atomic E-state index is 12.6. The summed E-state index contributed by atoms with van der Waals surface area (Å²) in [5, 5.41) is 16.0. The quantitative estimate of drug-likeness (QED) is 0.620. The summed E-state index contributed by atoms with van der Waals surface area (Å²) in [4.78, 5) is 29.2. The molecular weight excluding hydrogens is 418 g/mol. The summed E-state index contributed by atoms with van der Waals surface area (Å²) in [7, 11) is 2.12. The molecule has 1 amide bonds. The van der Waals surface area contributed by atoms with Gasteiger partial charge in [0.1, 0.15) is 6.54 Å². The smallest absolute Gasteiger partial charge is 0.267 e. The molecule has 1 aliphatic heterocycles. The molecule has 2 aromatic heterocycles. The average Bonchev–Trinajstić information content (AvgIpc) is 3.67. The monoisotopic (exact) mass is 445 g/mol. The van der Waals surface area contributed by atoms with Gasteiger partial charge in [0.05, 0.1) is 11.4 Å².